The van der Waals surface area contributed by atoms with E-state index >= 15 is 0 Å². The minimum absolute atomic E-state index is 0.147. The summed E-state index contributed by atoms with van der Waals surface area (Å²) in [5.74, 6) is -0.376. The maximum Gasteiger partial charge on any atom is 0.222 e. The third-order valence-corrected chi connectivity index (χ3v) is 2.56. The lowest BCUT2D eigenvalue weighted by molar-refractivity contribution is 0.630. The van der Waals surface area contributed by atoms with Gasteiger partial charge in [-0.1, -0.05) is 0 Å². The Kier molecular flexibility index (Phi) is 2.26. The standard InChI is InChI=1S/C11H6ClFN4/c12-11-14-4-3-8(16-11)9-6-15-10-7(13)2-1-5-17(9)10/h1-6H. The SMILES string of the molecule is Fc1cccn2c(-c3ccnc(Cl)n3)cnc12. The third-order valence-electron chi connectivity index (χ3n) is 2.38. The summed E-state index contributed by atoms with van der Waals surface area (Å²) < 4.78 is 15.1. The van der Waals surface area contributed by atoms with Gasteiger partial charge in [0.15, 0.2) is 11.5 Å². The number of imidazole rings is 1. The van der Waals surface area contributed by atoms with Gasteiger partial charge in [-0.3, -0.25) is 4.40 Å². The zero-order valence-corrected chi connectivity index (χ0v) is 9.26. The van der Waals surface area contributed by atoms with Gasteiger partial charge in [-0.2, -0.15) is 0 Å². The molecule has 84 valence electrons. The van der Waals surface area contributed by atoms with Crippen LogP contribution in [0, 0.1) is 5.82 Å². The van der Waals surface area contributed by atoms with E-state index < -0.39 is 0 Å². The van der Waals surface area contributed by atoms with Crippen LogP contribution in [0.25, 0.3) is 17.0 Å². The number of nitrogens with zero attached hydrogens (tertiary/aromatic N) is 4. The van der Waals surface area contributed by atoms with Gasteiger partial charge >= 0.3 is 0 Å². The minimum atomic E-state index is -0.376. The normalized spacial score (nSPS) is 10.9. The first kappa shape index (κ1) is 10.2. The topological polar surface area (TPSA) is 43.1 Å². The lowest BCUT2D eigenvalue weighted by atomic mass is 10.3. The van der Waals surface area contributed by atoms with Crippen LogP contribution in [0.3, 0.4) is 0 Å². The number of rotatable bonds is 1. The van der Waals surface area contributed by atoms with Gasteiger partial charge in [-0.25, -0.2) is 19.3 Å². The van der Waals surface area contributed by atoms with Crippen LogP contribution in [0.1, 0.15) is 0 Å². The molecule has 6 heteroatoms. The minimum Gasteiger partial charge on any atom is -0.296 e. The number of hydrogen-bond donors (Lipinski definition) is 0. The van der Waals surface area contributed by atoms with Crippen molar-refractivity contribution in [3.8, 4) is 11.4 Å². The molecule has 4 nitrogen and oxygen atoms in total. The van der Waals surface area contributed by atoms with E-state index in [4.69, 9.17) is 11.6 Å². The quantitative estimate of drug-likeness (QED) is 0.622. The summed E-state index contributed by atoms with van der Waals surface area (Å²) >= 11 is 5.72. The lowest BCUT2D eigenvalue weighted by Crippen LogP contribution is -1.93. The number of pyridine rings is 1. The van der Waals surface area contributed by atoms with Crippen molar-refractivity contribution < 1.29 is 4.39 Å². The van der Waals surface area contributed by atoms with Gasteiger partial charge in [0.2, 0.25) is 5.28 Å². The van der Waals surface area contributed by atoms with Gasteiger partial charge < -0.3 is 0 Å². The molecule has 3 heterocycles. The molecule has 3 rings (SSSR count). The predicted octanol–water partition coefficient (Wildman–Crippen LogP) is 2.58. The first-order valence-corrected chi connectivity index (χ1v) is 5.24. The molecule has 0 aliphatic heterocycles. The van der Waals surface area contributed by atoms with Crippen LogP contribution < -0.4 is 0 Å². The Morgan fingerprint density at radius 2 is 2.12 bits per heavy atom. The van der Waals surface area contributed by atoms with Gasteiger partial charge in [0.25, 0.3) is 0 Å². The predicted molar refractivity (Wildman–Crippen MR) is 61.2 cm³/mol. The fourth-order valence-corrected chi connectivity index (χ4v) is 1.79. The molecule has 0 bridgehead atoms. The zero-order chi connectivity index (χ0) is 11.8. The van der Waals surface area contributed by atoms with E-state index in [1.807, 2.05) is 0 Å². The van der Waals surface area contributed by atoms with E-state index in [2.05, 4.69) is 15.0 Å². The van der Waals surface area contributed by atoms with Crippen molar-refractivity contribution in [1.82, 2.24) is 19.4 Å². The van der Waals surface area contributed by atoms with E-state index in [0.717, 1.165) is 0 Å². The summed E-state index contributed by atoms with van der Waals surface area (Å²) in [5.41, 5.74) is 1.53. The van der Waals surface area contributed by atoms with Gasteiger partial charge in [0.05, 0.1) is 17.6 Å². The monoisotopic (exact) mass is 248 g/mol. The van der Waals surface area contributed by atoms with Crippen LogP contribution in [0.15, 0.2) is 36.8 Å². The Bertz CT molecular complexity index is 695. The van der Waals surface area contributed by atoms with Crippen LogP contribution in [-0.2, 0) is 0 Å². The average Bonchev–Trinajstić information content (AvgIpc) is 2.74. The molecule has 3 aromatic rings. The second-order valence-corrected chi connectivity index (χ2v) is 3.74. The molecule has 3 aromatic heterocycles. The summed E-state index contributed by atoms with van der Waals surface area (Å²) in [6.07, 6.45) is 4.82. The zero-order valence-electron chi connectivity index (χ0n) is 8.51. The molecular weight excluding hydrogens is 243 g/mol. The fourth-order valence-electron chi connectivity index (χ4n) is 1.64. The fraction of sp³-hybridized carbons (Fsp3) is 0. The van der Waals surface area contributed by atoms with Gasteiger partial charge in [0.1, 0.15) is 0 Å². The van der Waals surface area contributed by atoms with Crippen molar-refractivity contribution in [3.05, 3.63) is 47.9 Å². The Morgan fingerprint density at radius 1 is 1.24 bits per heavy atom. The molecule has 0 spiro atoms. The molecule has 0 radical (unpaired) electrons. The van der Waals surface area contributed by atoms with Crippen LogP contribution in [0.5, 0.6) is 0 Å². The van der Waals surface area contributed by atoms with Gasteiger partial charge in [-0.05, 0) is 29.8 Å². The smallest absolute Gasteiger partial charge is 0.222 e. The first-order chi connectivity index (χ1) is 8.25. The van der Waals surface area contributed by atoms with Gasteiger partial charge in [-0.15, -0.1) is 0 Å². The summed E-state index contributed by atoms with van der Waals surface area (Å²) in [4.78, 5) is 11.9. The van der Waals surface area contributed by atoms with Crippen LogP contribution in [0.4, 0.5) is 4.39 Å². The molecule has 17 heavy (non-hydrogen) atoms. The highest BCUT2D eigenvalue weighted by molar-refractivity contribution is 6.28. The van der Waals surface area contributed by atoms with Crippen LogP contribution >= 0.6 is 11.6 Å². The summed E-state index contributed by atoms with van der Waals surface area (Å²) in [7, 11) is 0. The van der Waals surface area contributed by atoms with E-state index in [9.17, 15) is 4.39 Å². The highest BCUT2D eigenvalue weighted by Crippen LogP contribution is 2.20. The number of halogens is 2. The third kappa shape index (κ3) is 1.64. The molecule has 0 unspecified atom stereocenters. The molecule has 0 saturated heterocycles. The van der Waals surface area contributed by atoms with E-state index in [1.165, 1.54) is 6.07 Å². The summed E-state index contributed by atoms with van der Waals surface area (Å²) in [5, 5.41) is 0.147. The molecule has 0 aromatic carbocycles. The Balaban J connectivity index is 2.28. The van der Waals surface area contributed by atoms with Crippen molar-refractivity contribution in [1.29, 1.82) is 0 Å². The van der Waals surface area contributed by atoms with Crippen molar-refractivity contribution in [2.45, 2.75) is 0 Å². The number of hydrogen-bond acceptors (Lipinski definition) is 3. The summed E-state index contributed by atoms with van der Waals surface area (Å²) in [6.45, 7) is 0. The van der Waals surface area contributed by atoms with Crippen molar-refractivity contribution >= 4 is 17.2 Å². The van der Waals surface area contributed by atoms with E-state index in [0.29, 0.717) is 11.4 Å². The average molecular weight is 249 g/mol. The number of fused-ring (bicyclic) bond motifs is 1. The highest BCUT2D eigenvalue weighted by atomic mass is 35.5. The largest absolute Gasteiger partial charge is 0.296 e. The maximum absolute atomic E-state index is 13.5. The molecular formula is C11H6ClFN4. The Hall–Kier alpha value is -2.01. The number of aromatic nitrogens is 4. The van der Waals surface area contributed by atoms with Crippen LogP contribution in [0.2, 0.25) is 5.28 Å². The van der Waals surface area contributed by atoms with E-state index in [1.54, 1.807) is 35.1 Å². The Labute approximate surface area is 101 Å². The summed E-state index contributed by atoms with van der Waals surface area (Å²) in [6, 6.07) is 4.66. The molecule has 0 fully saturated rings. The molecule has 0 saturated carbocycles. The van der Waals surface area contributed by atoms with Crippen molar-refractivity contribution in [2.24, 2.45) is 0 Å². The van der Waals surface area contributed by atoms with E-state index in [-0.39, 0.29) is 16.7 Å². The van der Waals surface area contributed by atoms with Crippen molar-refractivity contribution in [2.75, 3.05) is 0 Å². The van der Waals surface area contributed by atoms with Gasteiger partial charge in [0, 0.05) is 12.4 Å². The Morgan fingerprint density at radius 3 is 2.94 bits per heavy atom. The molecule has 0 aliphatic rings. The molecule has 0 atom stereocenters. The van der Waals surface area contributed by atoms with Crippen molar-refractivity contribution in [3.63, 3.8) is 0 Å². The second kappa shape index (κ2) is 3.78. The molecule has 0 N–H and O–H groups in total. The first-order valence-electron chi connectivity index (χ1n) is 4.86. The lowest BCUT2D eigenvalue weighted by Gasteiger charge is -2.01. The second-order valence-electron chi connectivity index (χ2n) is 3.40. The maximum atomic E-state index is 13.5. The highest BCUT2D eigenvalue weighted by Gasteiger charge is 2.10. The molecule has 0 aliphatic carbocycles. The molecule has 0 amide bonds. The van der Waals surface area contributed by atoms with Crippen LogP contribution in [-0.4, -0.2) is 19.4 Å².